The van der Waals surface area contributed by atoms with E-state index in [1.807, 2.05) is 6.07 Å². The third-order valence-electron chi connectivity index (χ3n) is 5.08. The number of carbonyl (C=O) groups is 2. The molecule has 0 atom stereocenters. The summed E-state index contributed by atoms with van der Waals surface area (Å²) in [5.41, 5.74) is 2.29. The quantitative estimate of drug-likeness (QED) is 0.459. The minimum Gasteiger partial charge on any atom is -0.497 e. The highest BCUT2D eigenvalue weighted by Crippen LogP contribution is 2.25. The number of hydrogen-bond acceptors (Lipinski definition) is 7. The fraction of sp³-hybridized carbons (Fsp3) is 0.217. The second kappa shape index (κ2) is 10.4. The SMILES string of the molecule is COc1ccc(NC(=O)Nc2cccc(C(=O)Nc3cnccc3N3CCNCC3)n2)cc1. The van der Waals surface area contributed by atoms with E-state index in [2.05, 4.69) is 36.1 Å². The minimum atomic E-state index is -0.474. The number of nitrogens with zero attached hydrogens (tertiary/aromatic N) is 3. The monoisotopic (exact) mass is 447 g/mol. The van der Waals surface area contributed by atoms with E-state index in [0.717, 1.165) is 31.9 Å². The van der Waals surface area contributed by atoms with Gasteiger partial charge in [-0.2, -0.15) is 0 Å². The summed E-state index contributed by atoms with van der Waals surface area (Å²) >= 11 is 0. The van der Waals surface area contributed by atoms with Gasteiger partial charge in [-0.05, 0) is 42.5 Å². The number of benzene rings is 1. The summed E-state index contributed by atoms with van der Waals surface area (Å²) in [7, 11) is 1.57. The third-order valence-corrected chi connectivity index (χ3v) is 5.08. The van der Waals surface area contributed by atoms with E-state index in [9.17, 15) is 9.59 Å². The van der Waals surface area contributed by atoms with Gasteiger partial charge in [0.05, 0.1) is 24.7 Å². The van der Waals surface area contributed by atoms with E-state index >= 15 is 0 Å². The number of carbonyl (C=O) groups excluding carboxylic acids is 2. The van der Waals surface area contributed by atoms with Crippen LogP contribution in [0.3, 0.4) is 0 Å². The van der Waals surface area contributed by atoms with E-state index in [-0.39, 0.29) is 11.5 Å². The molecule has 0 saturated carbocycles. The Morgan fingerprint density at radius 3 is 2.55 bits per heavy atom. The molecule has 170 valence electrons. The lowest BCUT2D eigenvalue weighted by molar-refractivity contribution is 0.102. The number of nitrogens with one attached hydrogen (secondary N) is 4. The predicted molar refractivity (Wildman–Crippen MR) is 127 cm³/mol. The van der Waals surface area contributed by atoms with Crippen molar-refractivity contribution < 1.29 is 14.3 Å². The van der Waals surface area contributed by atoms with Gasteiger partial charge in [0.15, 0.2) is 0 Å². The molecule has 0 spiro atoms. The molecule has 0 bridgehead atoms. The average Bonchev–Trinajstić information content (AvgIpc) is 2.85. The first-order valence-corrected chi connectivity index (χ1v) is 10.5. The summed E-state index contributed by atoms with van der Waals surface area (Å²) in [5.74, 6) is 0.552. The van der Waals surface area contributed by atoms with Gasteiger partial charge in [-0.1, -0.05) is 6.07 Å². The normalized spacial score (nSPS) is 13.2. The Bertz CT molecular complexity index is 1120. The van der Waals surface area contributed by atoms with Crippen molar-refractivity contribution in [3.63, 3.8) is 0 Å². The van der Waals surface area contributed by atoms with Gasteiger partial charge < -0.3 is 25.6 Å². The van der Waals surface area contributed by atoms with E-state index in [1.165, 1.54) is 0 Å². The largest absolute Gasteiger partial charge is 0.497 e. The Morgan fingerprint density at radius 1 is 1.00 bits per heavy atom. The van der Waals surface area contributed by atoms with Crippen molar-refractivity contribution >= 4 is 34.8 Å². The summed E-state index contributed by atoms with van der Waals surface area (Å²) in [6, 6.07) is 13.2. The average molecular weight is 447 g/mol. The van der Waals surface area contributed by atoms with Gasteiger partial charge in [0.25, 0.3) is 5.91 Å². The Labute approximate surface area is 191 Å². The molecule has 10 nitrogen and oxygen atoms in total. The lowest BCUT2D eigenvalue weighted by atomic mass is 10.2. The van der Waals surface area contributed by atoms with Crippen LogP contribution in [0.4, 0.5) is 27.7 Å². The predicted octanol–water partition coefficient (Wildman–Crippen LogP) is 2.79. The Morgan fingerprint density at radius 2 is 1.79 bits per heavy atom. The van der Waals surface area contributed by atoms with Crippen molar-refractivity contribution in [2.75, 3.05) is 54.1 Å². The molecule has 1 aliphatic rings. The number of ether oxygens (including phenoxy) is 1. The maximum absolute atomic E-state index is 12.9. The lowest BCUT2D eigenvalue weighted by Gasteiger charge is -2.30. The first kappa shape index (κ1) is 22.0. The molecule has 3 aromatic rings. The summed E-state index contributed by atoms with van der Waals surface area (Å²) in [6.07, 6.45) is 3.33. The molecule has 4 N–H and O–H groups in total. The van der Waals surface area contributed by atoms with Crippen LogP contribution in [-0.4, -0.2) is 55.2 Å². The molecule has 33 heavy (non-hydrogen) atoms. The van der Waals surface area contributed by atoms with Crippen LogP contribution >= 0.6 is 0 Å². The summed E-state index contributed by atoms with van der Waals surface area (Å²) in [6.45, 7) is 3.44. The zero-order valence-electron chi connectivity index (χ0n) is 18.2. The van der Waals surface area contributed by atoms with E-state index in [1.54, 1.807) is 62.0 Å². The Kier molecular flexibility index (Phi) is 6.96. The zero-order valence-corrected chi connectivity index (χ0v) is 18.2. The Balaban J connectivity index is 1.41. The highest BCUT2D eigenvalue weighted by Gasteiger charge is 2.17. The van der Waals surface area contributed by atoms with Crippen LogP contribution in [0.5, 0.6) is 5.75 Å². The van der Waals surface area contributed by atoms with E-state index < -0.39 is 11.9 Å². The summed E-state index contributed by atoms with van der Waals surface area (Å²) < 4.78 is 5.10. The topological polar surface area (TPSA) is 121 Å². The number of hydrogen-bond donors (Lipinski definition) is 4. The van der Waals surface area contributed by atoms with Gasteiger partial charge in [-0.25, -0.2) is 9.78 Å². The fourth-order valence-electron chi connectivity index (χ4n) is 3.44. The first-order valence-electron chi connectivity index (χ1n) is 10.5. The molecule has 1 aromatic carbocycles. The number of amides is 3. The molecule has 3 amide bonds. The van der Waals surface area contributed by atoms with E-state index in [0.29, 0.717) is 17.1 Å². The standard InChI is InChI=1S/C23H25N7O3/c1-33-17-7-5-16(6-8-17)26-23(32)29-21-4-2-3-18(27-21)22(31)28-19-15-25-10-9-20(19)30-13-11-24-12-14-30/h2-10,15,24H,11-14H2,1H3,(H,28,31)(H2,26,27,29,32). The first-order chi connectivity index (χ1) is 16.1. The van der Waals surface area contributed by atoms with Crippen molar-refractivity contribution in [3.05, 3.63) is 66.6 Å². The summed E-state index contributed by atoms with van der Waals surface area (Å²) in [5, 5.41) is 11.6. The van der Waals surface area contributed by atoms with Crippen molar-refractivity contribution in [3.8, 4) is 5.75 Å². The van der Waals surface area contributed by atoms with Crippen LogP contribution in [0.15, 0.2) is 60.9 Å². The van der Waals surface area contributed by atoms with Gasteiger partial charge in [0.1, 0.15) is 17.3 Å². The van der Waals surface area contributed by atoms with Gasteiger partial charge in [0.2, 0.25) is 0 Å². The molecule has 0 radical (unpaired) electrons. The molecule has 10 heteroatoms. The maximum atomic E-state index is 12.9. The van der Waals surface area contributed by atoms with Crippen molar-refractivity contribution in [2.45, 2.75) is 0 Å². The van der Waals surface area contributed by atoms with Gasteiger partial charge in [-0.3, -0.25) is 15.1 Å². The molecule has 1 aliphatic heterocycles. The van der Waals surface area contributed by atoms with Crippen molar-refractivity contribution in [1.82, 2.24) is 15.3 Å². The van der Waals surface area contributed by atoms with Crippen molar-refractivity contribution in [2.24, 2.45) is 0 Å². The molecular formula is C23H25N7O3. The molecule has 1 saturated heterocycles. The molecule has 3 heterocycles. The van der Waals surface area contributed by atoms with Crippen LogP contribution in [0.2, 0.25) is 0 Å². The number of aromatic nitrogens is 2. The molecule has 2 aromatic heterocycles. The number of anilines is 4. The smallest absolute Gasteiger partial charge is 0.324 e. The van der Waals surface area contributed by atoms with Crippen LogP contribution in [0.1, 0.15) is 10.5 Å². The molecule has 4 rings (SSSR count). The highest BCUT2D eigenvalue weighted by atomic mass is 16.5. The molecule has 0 unspecified atom stereocenters. The molecular weight excluding hydrogens is 422 g/mol. The van der Waals surface area contributed by atoms with Crippen molar-refractivity contribution in [1.29, 1.82) is 0 Å². The van der Waals surface area contributed by atoms with E-state index in [4.69, 9.17) is 4.74 Å². The lowest BCUT2D eigenvalue weighted by Crippen LogP contribution is -2.43. The van der Waals surface area contributed by atoms with Crippen LogP contribution in [-0.2, 0) is 0 Å². The maximum Gasteiger partial charge on any atom is 0.324 e. The third kappa shape index (κ3) is 5.74. The second-order valence-electron chi connectivity index (χ2n) is 7.30. The van der Waals surface area contributed by atoms with Gasteiger partial charge in [-0.15, -0.1) is 0 Å². The number of rotatable bonds is 6. The Hall–Kier alpha value is -4.18. The second-order valence-corrected chi connectivity index (χ2v) is 7.30. The fourth-order valence-corrected chi connectivity index (χ4v) is 3.44. The van der Waals surface area contributed by atoms with Crippen LogP contribution in [0.25, 0.3) is 0 Å². The zero-order chi connectivity index (χ0) is 23.0. The number of urea groups is 1. The van der Waals surface area contributed by atoms with Gasteiger partial charge in [0, 0.05) is 38.1 Å². The number of piperazine rings is 1. The minimum absolute atomic E-state index is 0.173. The van der Waals surface area contributed by atoms with Crippen LogP contribution in [0, 0.1) is 0 Å². The molecule has 1 fully saturated rings. The number of methoxy groups -OCH3 is 1. The number of pyridine rings is 2. The summed E-state index contributed by atoms with van der Waals surface area (Å²) in [4.78, 5) is 35.8. The van der Waals surface area contributed by atoms with Crippen LogP contribution < -0.4 is 30.9 Å². The van der Waals surface area contributed by atoms with Gasteiger partial charge >= 0.3 is 6.03 Å². The molecule has 0 aliphatic carbocycles. The highest BCUT2D eigenvalue weighted by molar-refractivity contribution is 6.05.